The molecular weight excluding hydrogens is 572 g/mol. The maximum absolute atomic E-state index is 12.8. The van der Waals surface area contributed by atoms with Gasteiger partial charge >= 0.3 is 0 Å². The summed E-state index contributed by atoms with van der Waals surface area (Å²) in [5.41, 5.74) is 5.82. The lowest BCUT2D eigenvalue weighted by atomic mass is 10.0. The van der Waals surface area contributed by atoms with Crippen LogP contribution in [-0.4, -0.2) is 23.4 Å². The average Bonchev–Trinajstić information content (AvgIpc) is 3.10. The van der Waals surface area contributed by atoms with Crippen LogP contribution in [0.3, 0.4) is 0 Å². The Hall–Kier alpha value is -5.62. The summed E-state index contributed by atoms with van der Waals surface area (Å²) in [6.07, 6.45) is 3.89. The van der Waals surface area contributed by atoms with Crippen LogP contribution in [0.15, 0.2) is 133 Å². The molecule has 6 nitrogen and oxygen atoms in total. The topological polar surface area (TPSA) is 92.3 Å². The molecule has 0 fully saturated rings. The lowest BCUT2D eigenvalue weighted by molar-refractivity contribution is 0.0972. The van der Waals surface area contributed by atoms with Crippen LogP contribution >= 0.6 is 0 Å². The summed E-state index contributed by atoms with van der Waals surface area (Å²) < 4.78 is 0. The number of ketones is 2. The Balaban J connectivity index is 1.03. The highest BCUT2D eigenvalue weighted by molar-refractivity contribution is 6.06. The molecule has 0 saturated carbocycles. The summed E-state index contributed by atoms with van der Waals surface area (Å²) in [5, 5.41) is 5.74. The number of carbonyl (C=O) groups is 4. The first-order chi connectivity index (χ1) is 22.4. The molecule has 0 aliphatic heterocycles. The zero-order valence-electron chi connectivity index (χ0n) is 25.6. The summed E-state index contributed by atoms with van der Waals surface area (Å²) >= 11 is 0. The third-order valence-electron chi connectivity index (χ3n) is 7.76. The first-order valence-electron chi connectivity index (χ1n) is 15.5. The van der Waals surface area contributed by atoms with E-state index in [-0.39, 0.29) is 23.4 Å². The van der Waals surface area contributed by atoms with Gasteiger partial charge in [0, 0.05) is 46.5 Å². The Labute approximate surface area is 269 Å². The van der Waals surface area contributed by atoms with Crippen molar-refractivity contribution in [1.29, 1.82) is 0 Å². The van der Waals surface area contributed by atoms with E-state index in [0.29, 0.717) is 52.9 Å². The number of para-hydroxylation sites is 1. The summed E-state index contributed by atoms with van der Waals surface area (Å²) in [7, 11) is 0. The Morgan fingerprint density at radius 3 is 1.22 bits per heavy atom. The lowest BCUT2D eigenvalue weighted by Crippen LogP contribution is -2.12. The second-order valence-corrected chi connectivity index (χ2v) is 11.2. The highest BCUT2D eigenvalue weighted by Gasteiger charge is 2.12. The first kappa shape index (κ1) is 31.8. The van der Waals surface area contributed by atoms with E-state index in [2.05, 4.69) is 22.8 Å². The molecule has 230 valence electrons. The predicted octanol–water partition coefficient (Wildman–Crippen LogP) is 8.60. The molecule has 0 heterocycles. The molecule has 0 atom stereocenters. The normalized spacial score (nSPS) is 10.6. The van der Waals surface area contributed by atoms with Gasteiger partial charge in [-0.2, -0.15) is 0 Å². The number of aryl methyl sites for hydroxylation is 2. The summed E-state index contributed by atoms with van der Waals surface area (Å²) in [4.78, 5) is 50.5. The van der Waals surface area contributed by atoms with Crippen LogP contribution in [0, 0.1) is 0 Å². The quantitative estimate of drug-likeness (QED) is 0.124. The van der Waals surface area contributed by atoms with Crippen molar-refractivity contribution < 1.29 is 19.2 Å². The Kier molecular flexibility index (Phi) is 11.0. The van der Waals surface area contributed by atoms with Crippen molar-refractivity contribution >= 4 is 34.8 Å². The molecule has 0 unspecified atom stereocenters. The molecule has 2 N–H and O–H groups in total. The van der Waals surface area contributed by atoms with Gasteiger partial charge < -0.3 is 10.6 Å². The Morgan fingerprint density at radius 1 is 0.391 bits per heavy atom. The van der Waals surface area contributed by atoms with Gasteiger partial charge in [-0.1, -0.05) is 84.9 Å². The van der Waals surface area contributed by atoms with E-state index in [1.165, 1.54) is 5.56 Å². The van der Waals surface area contributed by atoms with Crippen LogP contribution in [0.25, 0.3) is 0 Å². The van der Waals surface area contributed by atoms with Crippen molar-refractivity contribution in [3.8, 4) is 0 Å². The van der Waals surface area contributed by atoms with E-state index >= 15 is 0 Å². The molecule has 5 aromatic carbocycles. The van der Waals surface area contributed by atoms with E-state index in [1.54, 1.807) is 48.5 Å². The Bertz CT molecular complexity index is 1760. The van der Waals surface area contributed by atoms with Gasteiger partial charge in [0.05, 0.1) is 0 Å². The minimum atomic E-state index is -0.245. The molecule has 5 rings (SSSR count). The number of amides is 2. The SMILES string of the molecule is O=C(CCCc1ccc(NC(=O)c2ccc(C(=O)CCCc3ccccc3)cc2)cc1)c1ccc(C(=O)Nc2ccccc2)cc1. The highest BCUT2D eigenvalue weighted by atomic mass is 16.2. The molecular formula is C40H36N2O4. The van der Waals surface area contributed by atoms with E-state index in [0.717, 1.165) is 24.8 Å². The summed E-state index contributed by atoms with van der Waals surface area (Å²) in [6, 6.07) is 40.4. The van der Waals surface area contributed by atoms with Gasteiger partial charge in [-0.25, -0.2) is 0 Å². The van der Waals surface area contributed by atoms with E-state index in [4.69, 9.17) is 0 Å². The minimum absolute atomic E-state index is 0.0267. The zero-order valence-corrected chi connectivity index (χ0v) is 25.6. The van der Waals surface area contributed by atoms with Crippen LogP contribution in [0.5, 0.6) is 0 Å². The lowest BCUT2D eigenvalue weighted by Gasteiger charge is -2.08. The number of hydrogen-bond acceptors (Lipinski definition) is 4. The molecule has 0 saturated heterocycles. The molecule has 46 heavy (non-hydrogen) atoms. The fourth-order valence-corrected chi connectivity index (χ4v) is 5.14. The van der Waals surface area contributed by atoms with Gasteiger partial charge in [0.25, 0.3) is 11.8 Å². The third kappa shape index (κ3) is 9.19. The molecule has 0 radical (unpaired) electrons. The number of nitrogens with one attached hydrogen (secondary N) is 2. The molecule has 0 aliphatic rings. The fraction of sp³-hybridized carbons (Fsp3) is 0.150. The van der Waals surface area contributed by atoms with Crippen molar-refractivity contribution in [2.45, 2.75) is 38.5 Å². The number of benzene rings is 5. The van der Waals surface area contributed by atoms with Crippen LogP contribution in [0.2, 0.25) is 0 Å². The number of carbonyl (C=O) groups excluding carboxylic acids is 4. The van der Waals surface area contributed by atoms with E-state index in [1.807, 2.05) is 72.8 Å². The van der Waals surface area contributed by atoms with E-state index in [9.17, 15) is 19.2 Å². The van der Waals surface area contributed by atoms with Crippen LogP contribution in [-0.2, 0) is 12.8 Å². The molecule has 0 aromatic heterocycles. The van der Waals surface area contributed by atoms with Gasteiger partial charge in [0.1, 0.15) is 0 Å². The molecule has 0 aliphatic carbocycles. The van der Waals surface area contributed by atoms with Crippen molar-refractivity contribution in [2.75, 3.05) is 10.6 Å². The van der Waals surface area contributed by atoms with E-state index < -0.39 is 0 Å². The molecule has 5 aromatic rings. The zero-order chi connectivity index (χ0) is 32.1. The van der Waals surface area contributed by atoms with Crippen LogP contribution < -0.4 is 10.6 Å². The highest BCUT2D eigenvalue weighted by Crippen LogP contribution is 2.17. The van der Waals surface area contributed by atoms with Gasteiger partial charge in [0.15, 0.2) is 11.6 Å². The number of anilines is 2. The first-order valence-corrected chi connectivity index (χ1v) is 15.5. The minimum Gasteiger partial charge on any atom is -0.322 e. The second-order valence-electron chi connectivity index (χ2n) is 11.2. The maximum Gasteiger partial charge on any atom is 0.255 e. The molecule has 6 heteroatoms. The number of Topliss-reactive ketones (excluding diaryl/α,β-unsaturated/α-hetero) is 2. The van der Waals surface area contributed by atoms with Crippen molar-refractivity contribution in [3.63, 3.8) is 0 Å². The Morgan fingerprint density at radius 2 is 0.761 bits per heavy atom. The van der Waals surface area contributed by atoms with Crippen molar-refractivity contribution in [1.82, 2.24) is 0 Å². The van der Waals surface area contributed by atoms with Gasteiger partial charge in [0.2, 0.25) is 0 Å². The monoisotopic (exact) mass is 608 g/mol. The van der Waals surface area contributed by atoms with Crippen LogP contribution in [0.4, 0.5) is 11.4 Å². The van der Waals surface area contributed by atoms with Crippen molar-refractivity contribution in [3.05, 3.63) is 167 Å². The molecule has 2 amide bonds. The largest absolute Gasteiger partial charge is 0.322 e. The predicted molar refractivity (Wildman–Crippen MR) is 183 cm³/mol. The summed E-state index contributed by atoms with van der Waals surface area (Å²) in [5.74, 6) is -0.370. The standard InChI is InChI=1S/C40H36N2O4/c43-37(15-7-11-29-9-3-1-4-10-29)31-21-25-34(26-22-31)40(46)42-36-27-17-30(18-28-36)12-8-16-38(44)32-19-23-33(24-20-32)39(45)41-35-13-5-2-6-14-35/h1-6,9-10,13-14,17-28H,7-8,11-12,15-16H2,(H,41,45)(H,42,46). The third-order valence-corrected chi connectivity index (χ3v) is 7.76. The number of hydrogen-bond donors (Lipinski definition) is 2. The van der Waals surface area contributed by atoms with Gasteiger partial charge in [-0.05, 0) is 85.3 Å². The smallest absolute Gasteiger partial charge is 0.255 e. The summed E-state index contributed by atoms with van der Waals surface area (Å²) in [6.45, 7) is 0. The fourth-order valence-electron chi connectivity index (χ4n) is 5.14. The molecule has 0 spiro atoms. The van der Waals surface area contributed by atoms with Gasteiger partial charge in [-0.15, -0.1) is 0 Å². The van der Waals surface area contributed by atoms with Crippen molar-refractivity contribution in [2.24, 2.45) is 0 Å². The average molecular weight is 609 g/mol. The maximum atomic E-state index is 12.8. The van der Waals surface area contributed by atoms with Crippen LogP contribution in [0.1, 0.15) is 78.2 Å². The van der Waals surface area contributed by atoms with Gasteiger partial charge in [-0.3, -0.25) is 19.2 Å². The molecule has 0 bridgehead atoms. The number of rotatable bonds is 14. The second kappa shape index (κ2) is 15.9.